The maximum atomic E-state index is 12.5. The molecule has 3 rings (SSSR count). The number of rotatable bonds is 6. The molecular weight excluding hydrogens is 481 g/mol. The van der Waals surface area contributed by atoms with Crippen LogP contribution in [0.1, 0.15) is 11.1 Å². The van der Waals surface area contributed by atoms with E-state index < -0.39 is 10.1 Å². The Morgan fingerprint density at radius 2 is 1.61 bits per heavy atom. The van der Waals surface area contributed by atoms with E-state index in [9.17, 15) is 13.7 Å². The molecule has 31 heavy (non-hydrogen) atoms. The molecule has 0 spiro atoms. The van der Waals surface area contributed by atoms with E-state index in [1.807, 2.05) is 0 Å². The highest BCUT2D eigenvalue weighted by atomic mass is 35.5. The molecule has 0 saturated carbocycles. The van der Waals surface area contributed by atoms with Gasteiger partial charge in [0.05, 0.1) is 23.8 Å². The highest BCUT2D eigenvalue weighted by Crippen LogP contribution is 2.33. The van der Waals surface area contributed by atoms with Gasteiger partial charge in [-0.15, -0.1) is 0 Å². The van der Waals surface area contributed by atoms with E-state index in [2.05, 4.69) is 6.07 Å². The van der Waals surface area contributed by atoms with Crippen molar-refractivity contribution in [3.05, 3.63) is 86.9 Å². The molecule has 0 unspecified atom stereocenters. The second-order valence-electron chi connectivity index (χ2n) is 6.20. The molecule has 9 heteroatoms. The summed E-state index contributed by atoms with van der Waals surface area (Å²) in [6.07, 6.45) is 1.59. The molecule has 0 aliphatic carbocycles. The Labute approximate surface area is 195 Å². The van der Waals surface area contributed by atoms with Gasteiger partial charge in [-0.25, -0.2) is 0 Å². The van der Waals surface area contributed by atoms with Crippen LogP contribution in [0.25, 0.3) is 11.6 Å². The fourth-order valence-corrected chi connectivity index (χ4v) is 4.23. The van der Waals surface area contributed by atoms with Crippen molar-refractivity contribution in [3.63, 3.8) is 0 Å². The van der Waals surface area contributed by atoms with E-state index in [4.69, 9.17) is 43.7 Å². The van der Waals surface area contributed by atoms with Gasteiger partial charge in [-0.05, 0) is 60.2 Å². The first-order valence-electron chi connectivity index (χ1n) is 8.69. The van der Waals surface area contributed by atoms with Gasteiger partial charge in [0.25, 0.3) is 0 Å². The summed E-state index contributed by atoms with van der Waals surface area (Å²) < 4.78 is 35.6. The average molecular weight is 495 g/mol. The van der Waals surface area contributed by atoms with E-state index in [1.54, 1.807) is 36.4 Å². The van der Waals surface area contributed by atoms with E-state index in [-0.39, 0.29) is 16.4 Å². The first-order chi connectivity index (χ1) is 14.7. The molecule has 0 saturated heterocycles. The number of nitriles is 1. The lowest BCUT2D eigenvalue weighted by Gasteiger charge is -2.12. The van der Waals surface area contributed by atoms with Crippen molar-refractivity contribution in [2.24, 2.45) is 0 Å². The molecule has 0 fully saturated rings. The standard InChI is InChI=1S/C22H14Cl3NO4S/c1-29-22-11-14(10-15(13-26)19-8-5-17(24)12-20(19)25)2-9-21(22)30-31(27,28)18-6-3-16(23)4-7-18/h2-12H,1H3/b15-10+. The van der Waals surface area contributed by atoms with Gasteiger partial charge in [0.15, 0.2) is 11.5 Å². The van der Waals surface area contributed by atoms with Crippen molar-refractivity contribution in [2.45, 2.75) is 4.90 Å². The molecular formula is C22H14Cl3NO4S. The maximum Gasteiger partial charge on any atom is 0.339 e. The third-order valence-electron chi connectivity index (χ3n) is 4.14. The number of benzene rings is 3. The molecule has 0 radical (unpaired) electrons. The summed E-state index contributed by atoms with van der Waals surface area (Å²) in [7, 11) is -2.71. The van der Waals surface area contributed by atoms with Crippen LogP contribution in [0.4, 0.5) is 0 Å². The summed E-state index contributed by atoms with van der Waals surface area (Å²) in [5.41, 5.74) is 1.39. The van der Waals surface area contributed by atoms with E-state index in [0.717, 1.165) is 0 Å². The van der Waals surface area contributed by atoms with Crippen molar-refractivity contribution in [1.82, 2.24) is 0 Å². The molecule has 3 aromatic rings. The van der Waals surface area contributed by atoms with Gasteiger partial charge < -0.3 is 8.92 Å². The largest absolute Gasteiger partial charge is 0.493 e. The molecule has 0 bridgehead atoms. The fourth-order valence-electron chi connectivity index (χ4n) is 2.66. The van der Waals surface area contributed by atoms with Gasteiger partial charge >= 0.3 is 10.1 Å². The summed E-state index contributed by atoms with van der Waals surface area (Å²) in [5.74, 6) is 0.170. The maximum absolute atomic E-state index is 12.5. The molecule has 0 aliphatic heterocycles. The van der Waals surface area contributed by atoms with Crippen molar-refractivity contribution in [2.75, 3.05) is 7.11 Å². The Kier molecular flexibility index (Phi) is 7.14. The van der Waals surface area contributed by atoms with Crippen LogP contribution < -0.4 is 8.92 Å². The molecule has 0 N–H and O–H groups in total. The first-order valence-corrected chi connectivity index (χ1v) is 11.2. The fraction of sp³-hybridized carbons (Fsp3) is 0.0455. The SMILES string of the molecule is COc1cc(/C=C(\C#N)c2ccc(Cl)cc2Cl)ccc1OS(=O)(=O)c1ccc(Cl)cc1. The van der Waals surface area contributed by atoms with Gasteiger partial charge in [0, 0.05) is 15.6 Å². The van der Waals surface area contributed by atoms with Crippen molar-refractivity contribution < 1.29 is 17.3 Å². The van der Waals surface area contributed by atoms with E-state index in [1.165, 1.54) is 37.4 Å². The van der Waals surface area contributed by atoms with E-state index in [0.29, 0.717) is 31.8 Å². The zero-order chi connectivity index (χ0) is 22.6. The minimum absolute atomic E-state index is 0.00219. The number of ether oxygens (including phenoxy) is 1. The second kappa shape index (κ2) is 9.63. The number of nitrogens with zero attached hydrogens (tertiary/aromatic N) is 1. The Morgan fingerprint density at radius 3 is 2.23 bits per heavy atom. The molecule has 158 valence electrons. The molecule has 0 aromatic heterocycles. The minimum atomic E-state index is -4.09. The van der Waals surface area contributed by atoms with Gasteiger partial charge in [-0.2, -0.15) is 13.7 Å². The highest BCUT2D eigenvalue weighted by Gasteiger charge is 2.19. The van der Waals surface area contributed by atoms with Crippen molar-refractivity contribution in [3.8, 4) is 17.6 Å². The van der Waals surface area contributed by atoms with Crippen molar-refractivity contribution in [1.29, 1.82) is 5.26 Å². The summed E-state index contributed by atoms with van der Waals surface area (Å²) >= 11 is 17.9. The molecule has 0 atom stereocenters. The zero-order valence-electron chi connectivity index (χ0n) is 16.0. The lowest BCUT2D eigenvalue weighted by Crippen LogP contribution is -2.10. The number of allylic oxidation sites excluding steroid dienone is 1. The van der Waals surface area contributed by atoms with Gasteiger partial charge in [-0.3, -0.25) is 0 Å². The van der Waals surface area contributed by atoms with Crippen LogP contribution in [0.3, 0.4) is 0 Å². The Balaban J connectivity index is 1.95. The van der Waals surface area contributed by atoms with Gasteiger partial charge in [0.1, 0.15) is 4.90 Å². The average Bonchev–Trinajstić information content (AvgIpc) is 2.73. The van der Waals surface area contributed by atoms with Crippen LogP contribution in [-0.4, -0.2) is 15.5 Å². The third-order valence-corrected chi connectivity index (χ3v) is 6.19. The van der Waals surface area contributed by atoms with Gasteiger partial charge in [-0.1, -0.05) is 46.9 Å². The summed E-state index contributed by atoms with van der Waals surface area (Å²) in [4.78, 5) is -0.0490. The van der Waals surface area contributed by atoms with Crippen LogP contribution in [0.15, 0.2) is 65.6 Å². The molecule has 3 aromatic carbocycles. The minimum Gasteiger partial charge on any atom is -0.493 e. The first kappa shape index (κ1) is 23.0. The van der Waals surface area contributed by atoms with Crippen LogP contribution in [0, 0.1) is 11.3 Å². The quantitative estimate of drug-likeness (QED) is 0.222. The molecule has 0 aliphatic rings. The topological polar surface area (TPSA) is 76.4 Å². The molecule has 0 heterocycles. The van der Waals surface area contributed by atoms with Crippen LogP contribution >= 0.6 is 34.8 Å². The predicted octanol–water partition coefficient (Wildman–Crippen LogP) is 6.49. The lowest BCUT2D eigenvalue weighted by atomic mass is 10.0. The number of methoxy groups -OCH3 is 1. The molecule has 5 nitrogen and oxygen atoms in total. The third kappa shape index (κ3) is 5.52. The van der Waals surface area contributed by atoms with Crippen LogP contribution in [-0.2, 0) is 10.1 Å². The summed E-state index contributed by atoms with van der Waals surface area (Å²) in [6, 6.07) is 17.1. The molecule has 0 amide bonds. The van der Waals surface area contributed by atoms with E-state index >= 15 is 0 Å². The van der Waals surface area contributed by atoms with Crippen LogP contribution in [0.5, 0.6) is 11.5 Å². The number of hydrogen-bond donors (Lipinski definition) is 0. The second-order valence-corrected chi connectivity index (χ2v) is 9.02. The smallest absolute Gasteiger partial charge is 0.339 e. The number of hydrogen-bond acceptors (Lipinski definition) is 5. The summed E-state index contributed by atoms with van der Waals surface area (Å²) in [6.45, 7) is 0. The summed E-state index contributed by atoms with van der Waals surface area (Å²) in [5, 5.41) is 10.8. The van der Waals surface area contributed by atoms with Crippen LogP contribution in [0.2, 0.25) is 15.1 Å². The highest BCUT2D eigenvalue weighted by molar-refractivity contribution is 7.87. The lowest BCUT2D eigenvalue weighted by molar-refractivity contribution is 0.390. The normalized spacial score (nSPS) is 11.6. The predicted molar refractivity (Wildman–Crippen MR) is 122 cm³/mol. The Bertz CT molecular complexity index is 1300. The van der Waals surface area contributed by atoms with Gasteiger partial charge in [0.2, 0.25) is 0 Å². The van der Waals surface area contributed by atoms with Crippen molar-refractivity contribution >= 4 is 56.6 Å². The Morgan fingerprint density at radius 1 is 0.935 bits per heavy atom. The Hall–Kier alpha value is -2.69. The number of halogens is 3. The zero-order valence-corrected chi connectivity index (χ0v) is 19.1. The monoisotopic (exact) mass is 493 g/mol.